The van der Waals surface area contributed by atoms with Crippen LogP contribution in [0, 0.1) is 5.82 Å². The average molecular weight is 488 g/mol. The van der Waals surface area contributed by atoms with Crippen molar-refractivity contribution >= 4 is 40.0 Å². The number of fused-ring (bicyclic) bond motifs is 1. The molecule has 10 heteroatoms. The second kappa shape index (κ2) is 10.3. The smallest absolute Gasteiger partial charge is 0.317 e. The van der Waals surface area contributed by atoms with E-state index in [1.54, 1.807) is 24.1 Å². The van der Waals surface area contributed by atoms with Crippen molar-refractivity contribution in [2.24, 2.45) is 0 Å². The van der Waals surface area contributed by atoms with Crippen LogP contribution in [0.4, 0.5) is 20.7 Å². The Morgan fingerprint density at radius 2 is 1.94 bits per heavy atom. The lowest BCUT2D eigenvalue weighted by Gasteiger charge is -2.33. The van der Waals surface area contributed by atoms with Crippen molar-refractivity contribution in [3.63, 3.8) is 0 Å². The Bertz CT molecular complexity index is 1180. The second-order valence-electron chi connectivity index (χ2n) is 8.40. The number of carbonyl (C=O) groups is 1. The molecule has 1 aliphatic rings. The molecule has 0 bridgehead atoms. The Kier molecular flexibility index (Phi) is 7.21. The molecule has 34 heavy (non-hydrogen) atoms. The molecule has 0 saturated carbocycles. The zero-order chi connectivity index (χ0) is 24.2. The highest BCUT2D eigenvalue weighted by Gasteiger charge is 2.25. The van der Waals surface area contributed by atoms with Crippen LogP contribution < -0.4 is 20.1 Å². The van der Waals surface area contributed by atoms with Gasteiger partial charge in [-0.2, -0.15) is 0 Å². The van der Waals surface area contributed by atoms with Crippen LogP contribution in [0.5, 0.6) is 11.5 Å². The zero-order valence-electron chi connectivity index (χ0n) is 19.3. The summed E-state index contributed by atoms with van der Waals surface area (Å²) in [6.07, 6.45) is 2.79. The summed E-state index contributed by atoms with van der Waals surface area (Å²) in [5, 5.41) is 6.82. The summed E-state index contributed by atoms with van der Waals surface area (Å²) in [4.78, 5) is 22.7. The van der Waals surface area contributed by atoms with Gasteiger partial charge in [0.1, 0.15) is 24.1 Å². The van der Waals surface area contributed by atoms with Crippen molar-refractivity contribution in [3.8, 4) is 11.5 Å². The molecule has 4 rings (SSSR count). The van der Waals surface area contributed by atoms with Crippen molar-refractivity contribution in [1.82, 2.24) is 20.2 Å². The lowest BCUT2D eigenvalue weighted by molar-refractivity contribution is 0.108. The third-order valence-corrected chi connectivity index (χ3v) is 5.83. The quantitative estimate of drug-likeness (QED) is 0.500. The number of nitrogens with one attached hydrogen (secondary N) is 2. The van der Waals surface area contributed by atoms with Gasteiger partial charge in [-0.3, -0.25) is 0 Å². The molecule has 0 atom stereocenters. The van der Waals surface area contributed by atoms with Crippen LogP contribution in [-0.4, -0.2) is 53.2 Å². The number of aromatic nitrogens is 2. The topological polar surface area (TPSA) is 88.6 Å². The molecule has 180 valence electrons. The number of amides is 2. The number of hydrogen-bond donors (Lipinski definition) is 2. The summed E-state index contributed by atoms with van der Waals surface area (Å²) in [5.74, 6) is 1.16. The van der Waals surface area contributed by atoms with Gasteiger partial charge < -0.3 is 25.0 Å². The Morgan fingerprint density at radius 1 is 1.18 bits per heavy atom. The number of halogens is 2. The molecule has 3 aromatic rings. The first-order valence-electron chi connectivity index (χ1n) is 11.1. The molecule has 2 N–H and O–H groups in total. The predicted molar refractivity (Wildman–Crippen MR) is 130 cm³/mol. The SMILES string of the molecule is COc1cc2ncnc(Nc3ccc(F)c(Cl)c3)c2cc1OC1CCN(C(=O)NC(C)C)CC1. The molecule has 8 nitrogen and oxygen atoms in total. The standard InChI is InChI=1S/C24H27ClFN5O3/c1-14(2)29-24(32)31-8-6-16(7-9-31)34-22-11-17-20(12-21(22)33-3)27-13-28-23(17)30-15-4-5-19(26)18(25)10-15/h4-5,10-14,16H,6-9H2,1-3H3,(H,29,32)(H,27,28,30). The highest BCUT2D eigenvalue weighted by Crippen LogP contribution is 2.36. The molecule has 0 radical (unpaired) electrons. The first-order chi connectivity index (χ1) is 16.3. The van der Waals surface area contributed by atoms with Gasteiger partial charge in [0.2, 0.25) is 0 Å². The minimum atomic E-state index is -0.493. The van der Waals surface area contributed by atoms with Crippen LogP contribution in [0.25, 0.3) is 10.9 Å². The van der Waals surface area contributed by atoms with E-state index in [-0.39, 0.29) is 23.2 Å². The number of benzene rings is 2. The normalized spacial score (nSPS) is 14.4. The molecule has 1 aromatic heterocycles. The van der Waals surface area contributed by atoms with Crippen molar-refractivity contribution in [2.75, 3.05) is 25.5 Å². The van der Waals surface area contributed by atoms with E-state index >= 15 is 0 Å². The number of ether oxygens (including phenoxy) is 2. The van der Waals surface area contributed by atoms with Crippen LogP contribution in [0.1, 0.15) is 26.7 Å². The first kappa shape index (κ1) is 23.8. The number of piperidine rings is 1. The summed E-state index contributed by atoms with van der Waals surface area (Å²) in [7, 11) is 1.58. The molecule has 2 aromatic carbocycles. The number of likely N-dealkylation sites (tertiary alicyclic amines) is 1. The summed E-state index contributed by atoms with van der Waals surface area (Å²) in [6, 6.07) is 8.04. The van der Waals surface area contributed by atoms with E-state index in [4.69, 9.17) is 21.1 Å². The third-order valence-electron chi connectivity index (χ3n) is 5.54. The Balaban J connectivity index is 1.54. The summed E-state index contributed by atoms with van der Waals surface area (Å²) >= 11 is 5.91. The minimum absolute atomic E-state index is 0.0162. The maximum absolute atomic E-state index is 13.5. The number of anilines is 2. The summed E-state index contributed by atoms with van der Waals surface area (Å²) < 4.78 is 25.4. The number of urea groups is 1. The molecule has 2 amide bonds. The lowest BCUT2D eigenvalue weighted by Crippen LogP contribution is -2.48. The molecule has 2 heterocycles. The van der Waals surface area contributed by atoms with E-state index in [0.29, 0.717) is 59.8 Å². The van der Waals surface area contributed by atoms with Crippen molar-refractivity contribution < 1.29 is 18.7 Å². The number of rotatable bonds is 6. The highest BCUT2D eigenvalue weighted by molar-refractivity contribution is 6.31. The third kappa shape index (κ3) is 5.41. The van der Waals surface area contributed by atoms with E-state index < -0.39 is 5.82 Å². The second-order valence-corrected chi connectivity index (χ2v) is 8.81. The van der Waals surface area contributed by atoms with Crippen molar-refractivity contribution in [3.05, 3.63) is 47.5 Å². The number of methoxy groups -OCH3 is 1. The largest absolute Gasteiger partial charge is 0.493 e. The van der Waals surface area contributed by atoms with E-state index in [1.165, 1.54) is 18.5 Å². The van der Waals surface area contributed by atoms with Gasteiger partial charge in [-0.25, -0.2) is 19.2 Å². The fraction of sp³-hybridized carbons (Fsp3) is 0.375. The summed E-state index contributed by atoms with van der Waals surface area (Å²) in [5.41, 5.74) is 1.26. The molecule has 0 aliphatic carbocycles. The Morgan fingerprint density at radius 3 is 2.62 bits per heavy atom. The predicted octanol–water partition coefficient (Wildman–Crippen LogP) is 5.14. The zero-order valence-corrected chi connectivity index (χ0v) is 20.0. The van der Waals surface area contributed by atoms with E-state index in [9.17, 15) is 9.18 Å². The van der Waals surface area contributed by atoms with Gasteiger partial charge in [0.25, 0.3) is 0 Å². The minimum Gasteiger partial charge on any atom is -0.493 e. The van der Waals surface area contributed by atoms with Crippen LogP contribution in [0.2, 0.25) is 5.02 Å². The maximum Gasteiger partial charge on any atom is 0.317 e. The van der Waals surface area contributed by atoms with Gasteiger partial charge in [-0.05, 0) is 38.1 Å². The molecule has 0 spiro atoms. The van der Waals surface area contributed by atoms with E-state index in [1.807, 2.05) is 19.9 Å². The van der Waals surface area contributed by atoms with Crippen LogP contribution in [-0.2, 0) is 0 Å². The molecular formula is C24H27ClFN5O3. The monoisotopic (exact) mass is 487 g/mol. The van der Waals surface area contributed by atoms with Gasteiger partial charge >= 0.3 is 6.03 Å². The maximum atomic E-state index is 13.5. The molecule has 1 saturated heterocycles. The van der Waals surface area contributed by atoms with Crippen molar-refractivity contribution in [2.45, 2.75) is 38.8 Å². The van der Waals surface area contributed by atoms with Gasteiger partial charge in [0, 0.05) is 49.1 Å². The lowest BCUT2D eigenvalue weighted by atomic mass is 10.1. The highest BCUT2D eigenvalue weighted by atomic mass is 35.5. The number of nitrogens with zero attached hydrogens (tertiary/aromatic N) is 3. The molecule has 1 aliphatic heterocycles. The van der Waals surface area contributed by atoms with Crippen LogP contribution >= 0.6 is 11.6 Å². The number of hydrogen-bond acceptors (Lipinski definition) is 6. The van der Waals surface area contributed by atoms with Gasteiger partial charge in [-0.15, -0.1) is 0 Å². The van der Waals surface area contributed by atoms with Gasteiger partial charge in [0.15, 0.2) is 11.5 Å². The van der Waals surface area contributed by atoms with Crippen molar-refractivity contribution in [1.29, 1.82) is 0 Å². The number of carbonyl (C=O) groups excluding carboxylic acids is 1. The van der Waals surface area contributed by atoms with Gasteiger partial charge in [-0.1, -0.05) is 11.6 Å². The van der Waals surface area contributed by atoms with Gasteiger partial charge in [0.05, 0.1) is 17.6 Å². The molecular weight excluding hydrogens is 461 g/mol. The fourth-order valence-electron chi connectivity index (χ4n) is 3.82. The Hall–Kier alpha value is -3.33. The summed E-state index contributed by atoms with van der Waals surface area (Å²) in [6.45, 7) is 5.11. The van der Waals surface area contributed by atoms with E-state index in [0.717, 1.165) is 0 Å². The van der Waals surface area contributed by atoms with E-state index in [2.05, 4.69) is 20.6 Å². The molecule has 0 unspecified atom stereocenters. The first-order valence-corrected chi connectivity index (χ1v) is 11.5. The van der Waals surface area contributed by atoms with Crippen LogP contribution in [0.3, 0.4) is 0 Å². The fourth-order valence-corrected chi connectivity index (χ4v) is 4.00. The Labute approximate surface area is 202 Å². The molecule has 1 fully saturated rings. The van der Waals surface area contributed by atoms with Crippen LogP contribution in [0.15, 0.2) is 36.7 Å². The average Bonchev–Trinajstić information content (AvgIpc) is 2.81.